The first-order valence-electron chi connectivity index (χ1n) is 9.13. The van der Waals surface area contributed by atoms with Gasteiger partial charge in [-0.15, -0.1) is 0 Å². The summed E-state index contributed by atoms with van der Waals surface area (Å²) in [6.45, 7) is 20.4. The van der Waals surface area contributed by atoms with Crippen molar-refractivity contribution in [3.63, 3.8) is 0 Å². The van der Waals surface area contributed by atoms with Crippen LogP contribution in [0.3, 0.4) is 0 Å². The van der Waals surface area contributed by atoms with E-state index in [1.165, 1.54) is 40.4 Å². The lowest BCUT2D eigenvalue weighted by Gasteiger charge is -2.20. The number of benzene rings is 2. The molecule has 0 bridgehead atoms. The van der Waals surface area contributed by atoms with Crippen LogP contribution < -0.4 is 5.32 Å². The molecule has 0 aliphatic heterocycles. The Bertz CT molecular complexity index is 621. The van der Waals surface area contributed by atoms with Gasteiger partial charge in [-0.1, -0.05) is 45.9 Å². The highest BCUT2D eigenvalue weighted by Gasteiger charge is 2.11. The van der Waals surface area contributed by atoms with E-state index in [0.29, 0.717) is 0 Å². The van der Waals surface area contributed by atoms with Crippen LogP contribution in [0.2, 0.25) is 0 Å². The second-order valence-corrected chi connectivity index (χ2v) is 5.21. The van der Waals surface area contributed by atoms with Gasteiger partial charge < -0.3 is 5.32 Å². The summed E-state index contributed by atoms with van der Waals surface area (Å²) in [6, 6.07) is 12.1. The first kappa shape index (κ1) is 25.0. The molecule has 0 heterocycles. The van der Waals surface area contributed by atoms with Crippen LogP contribution in [0, 0.1) is 45.9 Å². The van der Waals surface area contributed by atoms with Gasteiger partial charge in [0, 0.05) is 18.3 Å². The van der Waals surface area contributed by atoms with E-state index in [2.05, 4.69) is 64.2 Å². The molecular weight excluding hydrogens is 304 g/mol. The number of anilines is 2. The monoisotopic (exact) mass is 340 g/mol. The van der Waals surface area contributed by atoms with Gasteiger partial charge in [-0.3, -0.25) is 0 Å². The maximum Gasteiger partial charge on any atom is 0.0587 e. The van der Waals surface area contributed by atoms with Crippen LogP contribution in [0.1, 0.15) is 62.4 Å². The van der Waals surface area contributed by atoms with Crippen LogP contribution in [0.5, 0.6) is 0 Å². The number of hydrogen-bond donors (Lipinski definition) is 1. The summed E-state index contributed by atoms with van der Waals surface area (Å²) in [5.41, 5.74) is 9.27. The Balaban J connectivity index is 0. The molecule has 0 aliphatic carbocycles. The zero-order valence-corrected chi connectivity index (χ0v) is 17.8. The fourth-order valence-corrected chi connectivity index (χ4v) is 2.35. The average molecular weight is 341 g/mol. The van der Waals surface area contributed by atoms with Gasteiger partial charge in [0.2, 0.25) is 0 Å². The highest BCUT2D eigenvalue weighted by Crippen LogP contribution is 2.32. The Labute approximate surface area is 155 Å². The molecule has 0 amide bonds. The molecule has 0 aromatic heterocycles. The molecule has 2 aromatic rings. The molecule has 0 unspecified atom stereocenters. The summed E-state index contributed by atoms with van der Waals surface area (Å²) in [5.74, 6) is 0. The summed E-state index contributed by atoms with van der Waals surface area (Å²) < 4.78 is 0. The molecule has 2 aromatic carbocycles. The van der Waals surface area contributed by atoms with Gasteiger partial charge in [0.25, 0.3) is 0 Å². The second-order valence-electron chi connectivity index (χ2n) is 5.21. The molecule has 1 N–H and O–H groups in total. The molecule has 2 nitrogen and oxygen atoms in total. The minimum atomic E-state index is 1.14. The standard InChI is InChI=1S/C17H21N.C2H3N.2C2H6/c1-11-12(2)14(4)17(15(5)13(11)3)18-16-9-7-6-8-10-16;1-2-3;2*1-2/h6-10,18H,1-5H3;1H3;2*1-2H3. The van der Waals surface area contributed by atoms with Crippen molar-refractivity contribution in [3.05, 3.63) is 58.1 Å². The Hall–Kier alpha value is -2.27. The summed E-state index contributed by atoms with van der Waals surface area (Å²) in [4.78, 5) is 0. The predicted octanol–water partition coefficient (Wildman–Crippen LogP) is 7.55. The number of para-hydroxylation sites is 1. The van der Waals surface area contributed by atoms with E-state index in [0.717, 1.165) is 5.69 Å². The van der Waals surface area contributed by atoms with Crippen molar-refractivity contribution in [2.45, 2.75) is 69.2 Å². The van der Waals surface area contributed by atoms with E-state index in [4.69, 9.17) is 5.26 Å². The first-order chi connectivity index (χ1) is 11.9. The summed E-state index contributed by atoms with van der Waals surface area (Å²) in [5, 5.41) is 10.9. The third-order valence-electron chi connectivity index (χ3n) is 4.04. The number of nitriles is 1. The minimum absolute atomic E-state index is 1.14. The SMILES string of the molecule is CC.CC.CC#N.Cc1c(C)c(C)c(Nc2ccccc2)c(C)c1C. The van der Waals surface area contributed by atoms with Crippen LogP contribution in [-0.2, 0) is 0 Å². The smallest absolute Gasteiger partial charge is 0.0587 e. The van der Waals surface area contributed by atoms with Crippen molar-refractivity contribution in [1.29, 1.82) is 5.26 Å². The normalized spacial score (nSPS) is 8.36. The van der Waals surface area contributed by atoms with Crippen LogP contribution in [-0.4, -0.2) is 0 Å². The Morgan fingerprint density at radius 2 is 1.00 bits per heavy atom. The molecule has 2 rings (SSSR count). The van der Waals surface area contributed by atoms with Gasteiger partial charge in [0.1, 0.15) is 0 Å². The van der Waals surface area contributed by atoms with Gasteiger partial charge in [-0.05, 0) is 74.6 Å². The molecule has 0 saturated carbocycles. The molecule has 0 radical (unpaired) electrons. The van der Waals surface area contributed by atoms with E-state index in [-0.39, 0.29) is 0 Å². The van der Waals surface area contributed by atoms with Gasteiger partial charge in [0.15, 0.2) is 0 Å². The molecule has 0 aliphatic rings. The van der Waals surface area contributed by atoms with Crippen LogP contribution >= 0.6 is 0 Å². The molecule has 0 atom stereocenters. The molecule has 138 valence electrons. The van der Waals surface area contributed by atoms with Crippen molar-refractivity contribution >= 4 is 11.4 Å². The van der Waals surface area contributed by atoms with Crippen molar-refractivity contribution in [2.75, 3.05) is 5.32 Å². The fourth-order valence-electron chi connectivity index (χ4n) is 2.35. The van der Waals surface area contributed by atoms with Gasteiger partial charge in [-0.2, -0.15) is 5.26 Å². The maximum absolute atomic E-state index is 7.32. The highest BCUT2D eigenvalue weighted by molar-refractivity contribution is 5.70. The van der Waals surface area contributed by atoms with Crippen molar-refractivity contribution in [2.24, 2.45) is 0 Å². The summed E-state index contributed by atoms with van der Waals surface area (Å²) >= 11 is 0. The van der Waals surface area contributed by atoms with Crippen LogP contribution in [0.25, 0.3) is 0 Å². The fraction of sp³-hybridized carbons (Fsp3) is 0.435. The topological polar surface area (TPSA) is 35.8 Å². The van der Waals surface area contributed by atoms with Gasteiger partial charge in [-0.25, -0.2) is 0 Å². The Kier molecular flexibility index (Phi) is 14.1. The largest absolute Gasteiger partial charge is 0.355 e. The zero-order valence-electron chi connectivity index (χ0n) is 17.8. The first-order valence-corrected chi connectivity index (χ1v) is 9.13. The third kappa shape index (κ3) is 7.44. The number of hydrogen-bond acceptors (Lipinski definition) is 2. The quantitative estimate of drug-likeness (QED) is 0.612. The van der Waals surface area contributed by atoms with E-state index in [1.54, 1.807) is 6.07 Å². The minimum Gasteiger partial charge on any atom is -0.355 e. The second kappa shape index (κ2) is 14.1. The zero-order chi connectivity index (χ0) is 20.0. The molecule has 0 saturated heterocycles. The molecule has 25 heavy (non-hydrogen) atoms. The van der Waals surface area contributed by atoms with E-state index < -0.39 is 0 Å². The van der Waals surface area contributed by atoms with Gasteiger partial charge in [0.05, 0.1) is 6.07 Å². The lowest BCUT2D eigenvalue weighted by molar-refractivity contribution is 1.17. The lowest BCUT2D eigenvalue weighted by Crippen LogP contribution is -2.02. The van der Waals surface area contributed by atoms with Crippen molar-refractivity contribution < 1.29 is 0 Å². The van der Waals surface area contributed by atoms with E-state index in [9.17, 15) is 0 Å². The Morgan fingerprint density at radius 3 is 1.36 bits per heavy atom. The molecule has 2 heteroatoms. The number of nitrogens with zero attached hydrogens (tertiary/aromatic N) is 1. The number of nitrogens with one attached hydrogen (secondary N) is 1. The molecule has 0 spiro atoms. The summed E-state index contributed by atoms with van der Waals surface area (Å²) in [6.07, 6.45) is 0. The van der Waals surface area contributed by atoms with Crippen LogP contribution in [0.15, 0.2) is 30.3 Å². The van der Waals surface area contributed by atoms with E-state index in [1.807, 2.05) is 33.8 Å². The number of rotatable bonds is 2. The van der Waals surface area contributed by atoms with Crippen molar-refractivity contribution in [1.82, 2.24) is 0 Å². The predicted molar refractivity (Wildman–Crippen MR) is 114 cm³/mol. The van der Waals surface area contributed by atoms with Gasteiger partial charge >= 0.3 is 0 Å². The molecular formula is C23H36N2. The highest BCUT2D eigenvalue weighted by atomic mass is 14.9. The van der Waals surface area contributed by atoms with Crippen molar-refractivity contribution in [3.8, 4) is 6.07 Å². The lowest BCUT2D eigenvalue weighted by atomic mass is 9.93. The maximum atomic E-state index is 7.32. The third-order valence-corrected chi connectivity index (χ3v) is 4.04. The van der Waals surface area contributed by atoms with Crippen LogP contribution in [0.4, 0.5) is 11.4 Å². The van der Waals surface area contributed by atoms with E-state index >= 15 is 0 Å². The molecule has 0 fully saturated rings. The Morgan fingerprint density at radius 1 is 0.680 bits per heavy atom. The summed E-state index contributed by atoms with van der Waals surface area (Å²) in [7, 11) is 0. The average Bonchev–Trinajstić information content (AvgIpc) is 2.67.